The Hall–Kier alpha value is -0.790. The molecule has 0 aliphatic rings. The highest BCUT2D eigenvalue weighted by molar-refractivity contribution is 5.70. The third-order valence-electron chi connectivity index (χ3n) is 4.98. The van der Waals surface area contributed by atoms with E-state index in [1.165, 1.54) is 57.8 Å². The fourth-order valence-corrected chi connectivity index (χ4v) is 3.56. The zero-order valence-corrected chi connectivity index (χ0v) is 16.6. The first-order chi connectivity index (χ1) is 11.7. The second kappa shape index (κ2) is 17.0. The molecule has 0 heterocycles. The third kappa shape index (κ3) is 12.6. The van der Waals surface area contributed by atoms with Crippen molar-refractivity contribution in [3.05, 3.63) is 12.2 Å². The van der Waals surface area contributed by atoms with Crippen molar-refractivity contribution in [3.8, 4) is 0 Å². The Morgan fingerprint density at radius 3 is 1.88 bits per heavy atom. The maximum absolute atomic E-state index is 11.5. The highest BCUT2D eigenvalue weighted by Gasteiger charge is 2.25. The molecule has 24 heavy (non-hydrogen) atoms. The topological polar surface area (TPSA) is 37.3 Å². The van der Waals surface area contributed by atoms with Crippen molar-refractivity contribution in [2.24, 2.45) is 11.8 Å². The van der Waals surface area contributed by atoms with Crippen LogP contribution in [0, 0.1) is 11.8 Å². The zero-order valence-electron chi connectivity index (χ0n) is 16.6. The van der Waals surface area contributed by atoms with Gasteiger partial charge in [0.05, 0.1) is 5.92 Å². The van der Waals surface area contributed by atoms with Crippen LogP contribution in [0.15, 0.2) is 12.2 Å². The molecule has 0 aromatic rings. The molecule has 0 saturated carbocycles. The van der Waals surface area contributed by atoms with Gasteiger partial charge in [0.25, 0.3) is 0 Å². The normalized spacial score (nSPS) is 14.1. The Labute approximate surface area is 151 Å². The van der Waals surface area contributed by atoms with Gasteiger partial charge in [-0.1, -0.05) is 77.9 Å². The molecule has 0 rings (SSSR count). The molecular formula is C22H42O2. The SMILES string of the molecule is CCCCC/C=C/CCCCCCC(CCC)C(CCC)C(=O)O. The Bertz CT molecular complexity index is 309. The molecule has 0 aliphatic carbocycles. The number of carboxylic acids is 1. The van der Waals surface area contributed by atoms with E-state index in [0.717, 1.165) is 32.1 Å². The summed E-state index contributed by atoms with van der Waals surface area (Å²) in [5, 5.41) is 9.47. The van der Waals surface area contributed by atoms with Crippen LogP contribution in [-0.4, -0.2) is 11.1 Å². The van der Waals surface area contributed by atoms with E-state index in [1.54, 1.807) is 0 Å². The first-order valence-electron chi connectivity index (χ1n) is 10.5. The number of carbonyl (C=O) groups is 1. The van der Waals surface area contributed by atoms with Crippen molar-refractivity contribution in [1.82, 2.24) is 0 Å². The van der Waals surface area contributed by atoms with Crippen LogP contribution in [-0.2, 0) is 4.79 Å². The molecule has 2 nitrogen and oxygen atoms in total. The van der Waals surface area contributed by atoms with E-state index < -0.39 is 5.97 Å². The highest BCUT2D eigenvalue weighted by Crippen LogP contribution is 2.28. The van der Waals surface area contributed by atoms with E-state index in [4.69, 9.17) is 0 Å². The molecule has 0 radical (unpaired) electrons. The number of aliphatic carboxylic acids is 1. The summed E-state index contributed by atoms with van der Waals surface area (Å²) in [7, 11) is 0. The molecule has 0 saturated heterocycles. The zero-order chi connectivity index (χ0) is 18.0. The average Bonchev–Trinajstić information content (AvgIpc) is 2.56. The molecule has 2 atom stereocenters. The van der Waals surface area contributed by atoms with Crippen molar-refractivity contribution in [2.75, 3.05) is 0 Å². The molecule has 2 unspecified atom stereocenters. The molecule has 0 aromatic carbocycles. The minimum absolute atomic E-state index is 0.124. The van der Waals surface area contributed by atoms with Gasteiger partial charge in [-0.05, 0) is 50.9 Å². The summed E-state index contributed by atoms with van der Waals surface area (Å²) in [5.41, 5.74) is 0. The Morgan fingerprint density at radius 1 is 0.750 bits per heavy atom. The van der Waals surface area contributed by atoms with Gasteiger partial charge < -0.3 is 5.11 Å². The standard InChI is InChI=1S/C22H42O2/c1-4-7-8-9-10-11-12-13-14-15-16-19-20(17-5-2)21(18-6-3)22(23)24/h10-11,20-21H,4-9,12-19H2,1-3H3,(H,23,24)/b11-10+. The molecule has 0 aliphatic heterocycles. The number of carboxylic acid groups (broad SMARTS) is 1. The molecule has 1 N–H and O–H groups in total. The summed E-state index contributed by atoms with van der Waals surface area (Å²) in [4.78, 5) is 11.5. The molecule has 142 valence electrons. The Morgan fingerprint density at radius 2 is 1.33 bits per heavy atom. The number of unbranched alkanes of at least 4 members (excludes halogenated alkanes) is 7. The molecule has 0 bridgehead atoms. The maximum Gasteiger partial charge on any atom is 0.306 e. The van der Waals surface area contributed by atoms with Gasteiger partial charge in [-0.15, -0.1) is 0 Å². The van der Waals surface area contributed by atoms with Gasteiger partial charge in [-0.2, -0.15) is 0 Å². The Kier molecular flexibility index (Phi) is 16.5. The van der Waals surface area contributed by atoms with Crippen LogP contribution in [0.2, 0.25) is 0 Å². The Balaban J connectivity index is 3.82. The monoisotopic (exact) mass is 338 g/mol. The number of hydrogen-bond donors (Lipinski definition) is 1. The summed E-state index contributed by atoms with van der Waals surface area (Å²) in [6.07, 6.45) is 21.2. The lowest BCUT2D eigenvalue weighted by Crippen LogP contribution is -2.23. The number of hydrogen-bond acceptors (Lipinski definition) is 1. The van der Waals surface area contributed by atoms with Gasteiger partial charge in [0, 0.05) is 0 Å². The molecule has 0 fully saturated rings. The van der Waals surface area contributed by atoms with E-state index in [1.807, 2.05) is 0 Å². The molecule has 0 spiro atoms. The van der Waals surface area contributed by atoms with Crippen LogP contribution in [0.3, 0.4) is 0 Å². The van der Waals surface area contributed by atoms with Gasteiger partial charge in [0.2, 0.25) is 0 Å². The van der Waals surface area contributed by atoms with Crippen molar-refractivity contribution >= 4 is 5.97 Å². The molecule has 0 aromatic heterocycles. The minimum atomic E-state index is -0.580. The third-order valence-corrected chi connectivity index (χ3v) is 4.98. The fraction of sp³-hybridized carbons (Fsp3) is 0.864. The van der Waals surface area contributed by atoms with Crippen LogP contribution in [0.1, 0.15) is 111 Å². The van der Waals surface area contributed by atoms with Crippen LogP contribution < -0.4 is 0 Å². The van der Waals surface area contributed by atoms with Crippen LogP contribution in [0.5, 0.6) is 0 Å². The predicted molar refractivity (Wildman–Crippen MR) is 105 cm³/mol. The minimum Gasteiger partial charge on any atom is -0.481 e. The van der Waals surface area contributed by atoms with Gasteiger partial charge in [-0.3, -0.25) is 4.79 Å². The molecule has 2 heteroatoms. The van der Waals surface area contributed by atoms with Crippen molar-refractivity contribution in [2.45, 2.75) is 111 Å². The van der Waals surface area contributed by atoms with E-state index in [0.29, 0.717) is 5.92 Å². The second-order valence-electron chi connectivity index (χ2n) is 7.24. The number of allylic oxidation sites excluding steroid dienone is 2. The smallest absolute Gasteiger partial charge is 0.306 e. The summed E-state index contributed by atoms with van der Waals surface area (Å²) < 4.78 is 0. The van der Waals surface area contributed by atoms with Crippen LogP contribution >= 0.6 is 0 Å². The van der Waals surface area contributed by atoms with Gasteiger partial charge in [-0.25, -0.2) is 0 Å². The number of rotatable bonds is 17. The largest absolute Gasteiger partial charge is 0.481 e. The first kappa shape index (κ1) is 23.2. The average molecular weight is 339 g/mol. The maximum atomic E-state index is 11.5. The lowest BCUT2D eigenvalue weighted by Gasteiger charge is -2.23. The summed E-state index contributed by atoms with van der Waals surface area (Å²) in [6, 6.07) is 0. The van der Waals surface area contributed by atoms with Gasteiger partial charge in [0.1, 0.15) is 0 Å². The van der Waals surface area contributed by atoms with E-state index in [2.05, 4.69) is 32.9 Å². The summed E-state index contributed by atoms with van der Waals surface area (Å²) in [5.74, 6) is -0.324. The van der Waals surface area contributed by atoms with Crippen molar-refractivity contribution < 1.29 is 9.90 Å². The fourth-order valence-electron chi connectivity index (χ4n) is 3.56. The van der Waals surface area contributed by atoms with Gasteiger partial charge in [0.15, 0.2) is 0 Å². The van der Waals surface area contributed by atoms with Gasteiger partial charge >= 0.3 is 5.97 Å². The second-order valence-corrected chi connectivity index (χ2v) is 7.24. The van der Waals surface area contributed by atoms with E-state index in [-0.39, 0.29) is 5.92 Å². The van der Waals surface area contributed by atoms with Crippen LogP contribution in [0.25, 0.3) is 0 Å². The molecular weight excluding hydrogens is 296 g/mol. The van der Waals surface area contributed by atoms with E-state index >= 15 is 0 Å². The van der Waals surface area contributed by atoms with Crippen molar-refractivity contribution in [1.29, 1.82) is 0 Å². The van der Waals surface area contributed by atoms with E-state index in [9.17, 15) is 9.90 Å². The first-order valence-corrected chi connectivity index (χ1v) is 10.5. The lowest BCUT2D eigenvalue weighted by molar-refractivity contribution is -0.144. The lowest BCUT2D eigenvalue weighted by atomic mass is 9.82. The summed E-state index contributed by atoms with van der Waals surface area (Å²) >= 11 is 0. The van der Waals surface area contributed by atoms with Crippen LogP contribution in [0.4, 0.5) is 0 Å². The predicted octanol–water partition coefficient (Wildman–Crippen LogP) is 7.38. The summed E-state index contributed by atoms with van der Waals surface area (Å²) in [6.45, 7) is 6.51. The van der Waals surface area contributed by atoms with Crippen molar-refractivity contribution in [3.63, 3.8) is 0 Å². The quantitative estimate of drug-likeness (QED) is 0.222. The molecule has 0 amide bonds. The highest BCUT2D eigenvalue weighted by atomic mass is 16.4.